The van der Waals surface area contributed by atoms with Crippen molar-refractivity contribution in [3.63, 3.8) is 0 Å². The van der Waals surface area contributed by atoms with Gasteiger partial charge in [0.25, 0.3) is 0 Å². The summed E-state index contributed by atoms with van der Waals surface area (Å²) >= 11 is 0. The van der Waals surface area contributed by atoms with Crippen LogP contribution in [0.4, 0.5) is 0 Å². The maximum absolute atomic E-state index is 13.4. The third-order valence-corrected chi connectivity index (χ3v) is 9.24. The van der Waals surface area contributed by atoms with Crippen molar-refractivity contribution >= 4 is 26.6 Å². The minimum absolute atomic E-state index is 0.176. The number of amidine groups is 1. The van der Waals surface area contributed by atoms with Crippen molar-refractivity contribution in [1.29, 1.82) is 0 Å². The van der Waals surface area contributed by atoms with Crippen molar-refractivity contribution in [3.8, 4) is 0 Å². The van der Waals surface area contributed by atoms with Crippen LogP contribution < -0.4 is 5.32 Å². The average molecular weight is 489 g/mol. The largest absolute Gasteiger partial charge is 0.493 e. The molecule has 2 aromatic rings. The predicted octanol–water partition coefficient (Wildman–Crippen LogP) is 1.67. The summed E-state index contributed by atoms with van der Waals surface area (Å²) in [5.74, 6) is 1.27. The molecule has 10 heteroatoms. The smallest absolute Gasteiger partial charge is 0.159 e. The first kappa shape index (κ1) is 23.3. The Morgan fingerprint density at radius 3 is 2.76 bits per heavy atom. The average Bonchev–Trinajstić information content (AvgIpc) is 3.34. The number of morpholine rings is 2. The zero-order valence-corrected chi connectivity index (χ0v) is 20.5. The van der Waals surface area contributed by atoms with Gasteiger partial charge in [-0.2, -0.15) is 0 Å². The number of aliphatic imine (C=N–C) groups is 1. The van der Waals surface area contributed by atoms with Crippen molar-refractivity contribution in [2.24, 2.45) is 4.99 Å². The molecular formula is C24H32N4O5S. The molecule has 0 bridgehead atoms. The van der Waals surface area contributed by atoms with Crippen LogP contribution in [0, 0.1) is 0 Å². The van der Waals surface area contributed by atoms with Gasteiger partial charge < -0.3 is 24.5 Å². The number of nitrogens with one attached hydrogen (secondary N) is 2. The minimum atomic E-state index is -3.52. The molecule has 9 nitrogen and oxygen atoms in total. The number of ether oxygens (including phenoxy) is 3. The Bertz CT molecular complexity index is 1210. The molecule has 3 aliphatic rings. The second kappa shape index (κ2) is 9.33. The van der Waals surface area contributed by atoms with E-state index in [2.05, 4.69) is 20.2 Å². The fourth-order valence-corrected chi connectivity index (χ4v) is 6.67. The quantitative estimate of drug-likeness (QED) is 0.498. The first-order chi connectivity index (χ1) is 16.4. The summed E-state index contributed by atoms with van der Waals surface area (Å²) in [4.78, 5) is 10.1. The summed E-state index contributed by atoms with van der Waals surface area (Å²) in [6.45, 7) is 3.81. The van der Waals surface area contributed by atoms with Gasteiger partial charge in [-0.3, -0.25) is 9.89 Å². The standard InChI is InChI=1S/C24H32N4O5S/c1-25-23(19-4-3-5-20-18(19)6-9-26-20)27-22(24(34(2,29)30)7-11-31-12-8-24)21-14-28-10-13-32-15-17(28)16-33-21/h3-6,9,17,26H,7-8,10-16H2,1-2H3,(H,25,27)/b22-21+/t17-/m0/s1. The van der Waals surface area contributed by atoms with E-state index < -0.39 is 14.6 Å². The van der Waals surface area contributed by atoms with Crippen LogP contribution in [0.25, 0.3) is 10.9 Å². The highest BCUT2D eigenvalue weighted by Gasteiger charge is 2.49. The summed E-state index contributed by atoms with van der Waals surface area (Å²) in [5.41, 5.74) is 2.47. The molecule has 0 spiro atoms. The van der Waals surface area contributed by atoms with Gasteiger partial charge in [-0.15, -0.1) is 0 Å². The Labute approximate surface area is 200 Å². The van der Waals surface area contributed by atoms with E-state index in [1.807, 2.05) is 30.5 Å². The molecule has 0 radical (unpaired) electrons. The Hall–Kier alpha value is -2.40. The Kier molecular flexibility index (Phi) is 6.41. The van der Waals surface area contributed by atoms with Crippen LogP contribution in [-0.4, -0.2) is 94.4 Å². The molecular weight excluding hydrogens is 456 g/mol. The molecule has 184 valence electrons. The van der Waals surface area contributed by atoms with Gasteiger partial charge in [0, 0.05) is 55.7 Å². The van der Waals surface area contributed by atoms with Crippen LogP contribution in [0.1, 0.15) is 18.4 Å². The van der Waals surface area contributed by atoms with E-state index in [1.54, 1.807) is 7.05 Å². The second-order valence-electron chi connectivity index (χ2n) is 9.13. The topological polar surface area (TPSA) is 105 Å². The van der Waals surface area contributed by atoms with Crippen molar-refractivity contribution in [2.75, 3.05) is 59.4 Å². The maximum atomic E-state index is 13.4. The summed E-state index contributed by atoms with van der Waals surface area (Å²) in [5, 5.41) is 4.49. The summed E-state index contributed by atoms with van der Waals surface area (Å²) in [6, 6.07) is 8.13. The summed E-state index contributed by atoms with van der Waals surface area (Å²) < 4.78 is 43.1. The molecule has 0 aliphatic carbocycles. The van der Waals surface area contributed by atoms with E-state index in [1.165, 1.54) is 6.26 Å². The number of aromatic amines is 1. The van der Waals surface area contributed by atoms with Gasteiger partial charge in [0.05, 0.1) is 31.5 Å². The first-order valence-electron chi connectivity index (χ1n) is 11.7. The Morgan fingerprint density at radius 1 is 1.18 bits per heavy atom. The van der Waals surface area contributed by atoms with Gasteiger partial charge in [0.15, 0.2) is 9.84 Å². The molecule has 3 saturated heterocycles. The first-order valence-corrected chi connectivity index (χ1v) is 13.6. The van der Waals surface area contributed by atoms with Crippen LogP contribution >= 0.6 is 0 Å². The number of hydrogen-bond donors (Lipinski definition) is 2. The lowest BCUT2D eigenvalue weighted by atomic mass is 9.92. The van der Waals surface area contributed by atoms with E-state index in [-0.39, 0.29) is 6.04 Å². The summed E-state index contributed by atoms with van der Waals surface area (Å²) in [6.07, 6.45) is 3.93. The lowest BCUT2D eigenvalue weighted by Crippen LogP contribution is -2.55. The van der Waals surface area contributed by atoms with Crippen LogP contribution in [0.15, 0.2) is 46.9 Å². The number of sulfone groups is 1. The zero-order valence-electron chi connectivity index (χ0n) is 19.7. The molecule has 5 rings (SSSR count). The van der Waals surface area contributed by atoms with Crippen LogP contribution in [0.5, 0.6) is 0 Å². The van der Waals surface area contributed by atoms with Gasteiger partial charge in [0.2, 0.25) is 0 Å². The van der Waals surface area contributed by atoms with Crippen molar-refractivity contribution in [2.45, 2.75) is 23.6 Å². The van der Waals surface area contributed by atoms with Crippen molar-refractivity contribution in [3.05, 3.63) is 47.5 Å². The molecule has 2 N–H and O–H groups in total. The van der Waals surface area contributed by atoms with Crippen LogP contribution in [-0.2, 0) is 24.0 Å². The van der Waals surface area contributed by atoms with E-state index in [9.17, 15) is 8.42 Å². The van der Waals surface area contributed by atoms with Gasteiger partial charge in [0.1, 0.15) is 22.9 Å². The SMILES string of the molecule is CN=C(N/C(=C1\CN2CCOC[C@H]2CO1)C1(S(C)(=O)=O)CCOCC1)c1cccc2[nH]ccc12. The molecule has 4 heterocycles. The molecule has 0 amide bonds. The van der Waals surface area contributed by atoms with E-state index in [0.29, 0.717) is 69.7 Å². The minimum Gasteiger partial charge on any atom is -0.493 e. The maximum Gasteiger partial charge on any atom is 0.159 e. The second-order valence-corrected chi connectivity index (χ2v) is 11.5. The Morgan fingerprint density at radius 2 is 2.00 bits per heavy atom. The molecule has 0 saturated carbocycles. The molecule has 34 heavy (non-hydrogen) atoms. The van der Waals surface area contributed by atoms with E-state index >= 15 is 0 Å². The highest BCUT2D eigenvalue weighted by atomic mass is 32.2. The van der Waals surface area contributed by atoms with Crippen LogP contribution in [0.2, 0.25) is 0 Å². The number of nitrogens with zero attached hydrogens (tertiary/aromatic N) is 2. The van der Waals surface area contributed by atoms with Gasteiger partial charge in [-0.05, 0) is 25.0 Å². The zero-order chi connectivity index (χ0) is 23.8. The number of hydrogen-bond acceptors (Lipinski definition) is 7. The number of aromatic nitrogens is 1. The number of rotatable bonds is 4. The highest BCUT2D eigenvalue weighted by Crippen LogP contribution is 2.38. The number of H-pyrrole nitrogens is 1. The predicted molar refractivity (Wildman–Crippen MR) is 131 cm³/mol. The fourth-order valence-electron chi connectivity index (χ4n) is 5.23. The normalized spacial score (nSPS) is 25.5. The van der Waals surface area contributed by atoms with Gasteiger partial charge in [-0.1, -0.05) is 12.1 Å². The summed E-state index contributed by atoms with van der Waals surface area (Å²) in [7, 11) is -1.80. The molecule has 1 aromatic heterocycles. The van der Waals surface area contributed by atoms with Crippen LogP contribution in [0.3, 0.4) is 0 Å². The lowest BCUT2D eigenvalue weighted by Gasteiger charge is -2.43. The molecule has 0 unspecified atom stereocenters. The molecule has 1 atom stereocenters. The van der Waals surface area contributed by atoms with E-state index in [4.69, 9.17) is 14.2 Å². The molecule has 1 aromatic carbocycles. The van der Waals surface area contributed by atoms with Gasteiger partial charge in [-0.25, -0.2) is 8.42 Å². The van der Waals surface area contributed by atoms with Crippen molar-refractivity contribution in [1.82, 2.24) is 15.2 Å². The molecule has 3 fully saturated rings. The third-order valence-electron chi connectivity index (χ3n) is 7.21. The van der Waals surface area contributed by atoms with E-state index in [0.717, 1.165) is 23.0 Å². The lowest BCUT2D eigenvalue weighted by molar-refractivity contribution is -0.0609. The molecule has 3 aliphatic heterocycles. The Balaban J connectivity index is 1.61. The number of benzene rings is 1. The number of fused-ring (bicyclic) bond motifs is 2. The fraction of sp³-hybridized carbons (Fsp3) is 0.542. The van der Waals surface area contributed by atoms with Crippen molar-refractivity contribution < 1.29 is 22.6 Å². The van der Waals surface area contributed by atoms with Gasteiger partial charge >= 0.3 is 0 Å². The highest BCUT2D eigenvalue weighted by molar-refractivity contribution is 7.92. The third kappa shape index (κ3) is 4.13. The monoisotopic (exact) mass is 488 g/mol.